The average Bonchev–Trinajstić information content (AvgIpc) is 2.05. The summed E-state index contributed by atoms with van der Waals surface area (Å²) in [6.07, 6.45) is 5.52. The first-order chi connectivity index (χ1) is 4.86. The Kier molecular flexibility index (Phi) is 2.87. The lowest BCUT2D eigenvalue weighted by molar-refractivity contribution is -0.112. The second-order valence-electron chi connectivity index (χ2n) is 3.15. The van der Waals surface area contributed by atoms with Crippen molar-refractivity contribution in [3.8, 4) is 0 Å². The summed E-state index contributed by atoms with van der Waals surface area (Å²) in [7, 11) is 0. The molecule has 0 atom stereocenters. The Morgan fingerprint density at radius 1 is 1.40 bits per heavy atom. The molecular weight excluding hydrogens is 126 g/mol. The van der Waals surface area contributed by atoms with Crippen LogP contribution in [0.25, 0.3) is 0 Å². The molecule has 0 radical (unpaired) electrons. The molecule has 2 heteroatoms. The van der Waals surface area contributed by atoms with Crippen LogP contribution in [0.2, 0.25) is 0 Å². The monoisotopic (exact) mass is 143 g/mol. The van der Waals surface area contributed by atoms with Gasteiger partial charge in [-0.15, -0.1) is 0 Å². The van der Waals surface area contributed by atoms with E-state index >= 15 is 0 Å². The van der Waals surface area contributed by atoms with Crippen molar-refractivity contribution in [2.24, 2.45) is 17.6 Å². The van der Waals surface area contributed by atoms with Crippen LogP contribution in [0.3, 0.4) is 0 Å². The standard InChI is InChI=1S/C8H15NO.H2/c9-5-7-1-3-8(6-10)4-2-7;/h6-8H,1-5,9H2;1H. The van der Waals surface area contributed by atoms with Gasteiger partial charge in [-0.25, -0.2) is 0 Å². The first kappa shape index (κ1) is 7.73. The Hall–Kier alpha value is -0.370. The van der Waals surface area contributed by atoms with Crippen molar-refractivity contribution in [1.29, 1.82) is 0 Å². The number of hydrogen-bond donors (Lipinski definition) is 1. The zero-order valence-electron chi connectivity index (χ0n) is 6.25. The minimum Gasteiger partial charge on any atom is -0.330 e. The highest BCUT2D eigenvalue weighted by Gasteiger charge is 2.18. The van der Waals surface area contributed by atoms with Gasteiger partial charge in [0.25, 0.3) is 0 Å². The zero-order valence-corrected chi connectivity index (χ0v) is 6.25. The molecule has 0 heterocycles. The highest BCUT2D eigenvalue weighted by atomic mass is 16.1. The van der Waals surface area contributed by atoms with Gasteiger partial charge in [-0.2, -0.15) is 0 Å². The summed E-state index contributed by atoms with van der Waals surface area (Å²) in [5.74, 6) is 1.03. The summed E-state index contributed by atoms with van der Waals surface area (Å²) in [5.41, 5.74) is 5.50. The van der Waals surface area contributed by atoms with Gasteiger partial charge in [0.1, 0.15) is 6.29 Å². The predicted molar refractivity (Wildman–Crippen MR) is 42.7 cm³/mol. The first-order valence-electron chi connectivity index (χ1n) is 4.02. The lowest BCUT2D eigenvalue weighted by Crippen LogP contribution is -2.21. The van der Waals surface area contributed by atoms with Crippen LogP contribution in [0.4, 0.5) is 0 Å². The highest BCUT2D eigenvalue weighted by Crippen LogP contribution is 2.26. The summed E-state index contributed by atoms with van der Waals surface area (Å²) in [6.45, 7) is 0.797. The van der Waals surface area contributed by atoms with Gasteiger partial charge in [-0.05, 0) is 38.1 Å². The van der Waals surface area contributed by atoms with Crippen molar-refractivity contribution in [2.45, 2.75) is 25.7 Å². The Bertz CT molecular complexity index is 111. The third-order valence-electron chi connectivity index (χ3n) is 2.42. The molecular formula is C8H17NO. The molecule has 2 nitrogen and oxygen atoms in total. The molecule has 0 bridgehead atoms. The number of hydrogen-bond acceptors (Lipinski definition) is 2. The van der Waals surface area contributed by atoms with Crippen molar-refractivity contribution in [1.82, 2.24) is 0 Å². The molecule has 2 N–H and O–H groups in total. The highest BCUT2D eigenvalue weighted by molar-refractivity contribution is 5.53. The number of nitrogens with two attached hydrogens (primary N) is 1. The Morgan fingerprint density at radius 2 is 2.00 bits per heavy atom. The molecule has 0 aromatic heterocycles. The van der Waals surface area contributed by atoms with Crippen molar-refractivity contribution < 1.29 is 6.22 Å². The molecule has 0 aromatic rings. The largest absolute Gasteiger partial charge is 0.330 e. The quantitative estimate of drug-likeness (QED) is 0.590. The van der Waals surface area contributed by atoms with Crippen LogP contribution >= 0.6 is 0 Å². The van der Waals surface area contributed by atoms with E-state index in [4.69, 9.17) is 5.73 Å². The van der Waals surface area contributed by atoms with E-state index < -0.39 is 0 Å². The lowest BCUT2D eigenvalue weighted by atomic mass is 9.83. The summed E-state index contributed by atoms with van der Waals surface area (Å²) >= 11 is 0. The third-order valence-corrected chi connectivity index (χ3v) is 2.42. The van der Waals surface area contributed by atoms with E-state index in [1.807, 2.05) is 0 Å². The zero-order chi connectivity index (χ0) is 7.40. The fraction of sp³-hybridized carbons (Fsp3) is 0.875. The summed E-state index contributed by atoms with van der Waals surface area (Å²) < 4.78 is 0. The number of aldehydes is 1. The first-order valence-corrected chi connectivity index (χ1v) is 4.02. The molecule has 1 rings (SSSR count). The lowest BCUT2D eigenvalue weighted by Gasteiger charge is -2.23. The summed E-state index contributed by atoms with van der Waals surface area (Å²) in [4.78, 5) is 10.3. The van der Waals surface area contributed by atoms with E-state index in [1.54, 1.807) is 0 Å². The fourth-order valence-corrected chi connectivity index (χ4v) is 1.56. The minimum atomic E-state index is 0. The Morgan fingerprint density at radius 3 is 2.40 bits per heavy atom. The maximum absolute atomic E-state index is 10.3. The van der Waals surface area contributed by atoms with Gasteiger partial charge in [-0.3, -0.25) is 0 Å². The summed E-state index contributed by atoms with van der Waals surface area (Å²) in [6, 6.07) is 0. The average molecular weight is 143 g/mol. The second kappa shape index (κ2) is 3.71. The van der Waals surface area contributed by atoms with Gasteiger partial charge in [0.05, 0.1) is 0 Å². The van der Waals surface area contributed by atoms with Crippen LogP contribution < -0.4 is 5.73 Å². The van der Waals surface area contributed by atoms with Crippen LogP contribution in [-0.4, -0.2) is 12.8 Å². The van der Waals surface area contributed by atoms with E-state index in [0.29, 0.717) is 11.8 Å². The van der Waals surface area contributed by atoms with Crippen molar-refractivity contribution in [3.05, 3.63) is 0 Å². The summed E-state index contributed by atoms with van der Waals surface area (Å²) in [5, 5.41) is 0. The van der Waals surface area contributed by atoms with Gasteiger partial charge in [0.15, 0.2) is 0 Å². The smallest absolute Gasteiger partial charge is 0.123 e. The maximum Gasteiger partial charge on any atom is 0.123 e. The van der Waals surface area contributed by atoms with Crippen LogP contribution in [0.5, 0.6) is 0 Å². The molecule has 1 aliphatic carbocycles. The van der Waals surface area contributed by atoms with E-state index in [1.165, 1.54) is 0 Å². The Balaban J connectivity index is 0.000001000. The van der Waals surface area contributed by atoms with Gasteiger partial charge < -0.3 is 10.5 Å². The van der Waals surface area contributed by atoms with Crippen LogP contribution in [-0.2, 0) is 4.79 Å². The fourth-order valence-electron chi connectivity index (χ4n) is 1.56. The molecule has 0 aliphatic heterocycles. The van der Waals surface area contributed by atoms with Crippen LogP contribution in [0.1, 0.15) is 27.1 Å². The molecule has 0 spiro atoms. The molecule has 0 amide bonds. The number of carbonyl (C=O) groups is 1. The molecule has 1 aliphatic rings. The van der Waals surface area contributed by atoms with E-state index in [-0.39, 0.29) is 1.43 Å². The van der Waals surface area contributed by atoms with Gasteiger partial charge in [0, 0.05) is 7.34 Å². The topological polar surface area (TPSA) is 43.1 Å². The maximum atomic E-state index is 10.3. The molecule has 60 valence electrons. The second-order valence-corrected chi connectivity index (χ2v) is 3.15. The van der Waals surface area contributed by atoms with Crippen molar-refractivity contribution >= 4 is 6.29 Å². The molecule has 0 saturated heterocycles. The molecule has 10 heavy (non-hydrogen) atoms. The van der Waals surface area contributed by atoms with Gasteiger partial charge >= 0.3 is 0 Å². The van der Waals surface area contributed by atoms with Gasteiger partial charge in [-0.1, -0.05) is 0 Å². The van der Waals surface area contributed by atoms with E-state index in [9.17, 15) is 4.79 Å². The van der Waals surface area contributed by atoms with Gasteiger partial charge in [0.2, 0.25) is 0 Å². The van der Waals surface area contributed by atoms with Crippen LogP contribution in [0.15, 0.2) is 0 Å². The third kappa shape index (κ3) is 1.81. The molecule has 0 unspecified atom stereocenters. The molecule has 1 saturated carbocycles. The SMILES string of the molecule is NCC1CCC(C=O)CC1.[HH]. The Labute approximate surface area is 63.3 Å². The molecule has 0 aromatic carbocycles. The normalized spacial score (nSPS) is 33.7. The van der Waals surface area contributed by atoms with Crippen molar-refractivity contribution in [3.63, 3.8) is 0 Å². The van der Waals surface area contributed by atoms with E-state index in [0.717, 1.165) is 38.5 Å². The minimum absolute atomic E-state index is 0. The number of carbonyl (C=O) groups excluding carboxylic acids is 1. The predicted octanol–water partition coefficient (Wildman–Crippen LogP) is 1.20. The van der Waals surface area contributed by atoms with Crippen molar-refractivity contribution in [2.75, 3.05) is 6.54 Å². The molecule has 1 fully saturated rings. The van der Waals surface area contributed by atoms with Crippen LogP contribution in [0, 0.1) is 11.8 Å². The number of rotatable bonds is 2. The van der Waals surface area contributed by atoms with E-state index in [2.05, 4.69) is 0 Å².